The van der Waals surface area contributed by atoms with E-state index in [1.54, 1.807) is 0 Å². The number of carbonyl (C=O) groups is 1. The summed E-state index contributed by atoms with van der Waals surface area (Å²) in [5, 5.41) is 15.1. The molecule has 0 fully saturated rings. The van der Waals surface area contributed by atoms with E-state index in [9.17, 15) is 19.3 Å². The van der Waals surface area contributed by atoms with Crippen LogP contribution in [0.1, 0.15) is 10.4 Å². The zero-order valence-corrected chi connectivity index (χ0v) is 10.6. The summed E-state index contributed by atoms with van der Waals surface area (Å²) in [5.41, 5.74) is 0.658. The van der Waals surface area contributed by atoms with Crippen molar-refractivity contribution in [1.82, 2.24) is 9.78 Å². The van der Waals surface area contributed by atoms with Crippen LogP contribution in [0, 0.1) is 15.9 Å². The number of hydrogen-bond donors (Lipinski definition) is 0. The van der Waals surface area contributed by atoms with Gasteiger partial charge in [-0.1, -0.05) is 0 Å². The molecule has 0 unspecified atom stereocenters. The van der Waals surface area contributed by atoms with Gasteiger partial charge in [0, 0.05) is 23.1 Å². The maximum absolute atomic E-state index is 12.9. The van der Waals surface area contributed by atoms with Crippen molar-refractivity contribution < 1.29 is 14.1 Å². The number of carbonyl (C=O) groups excluding carboxylic acids is 1. The van der Waals surface area contributed by atoms with Gasteiger partial charge in [-0.05, 0) is 30.3 Å². The lowest BCUT2D eigenvalue weighted by atomic mass is 10.2. The van der Waals surface area contributed by atoms with Crippen LogP contribution in [0.25, 0.3) is 10.9 Å². The molecule has 0 bridgehead atoms. The lowest BCUT2D eigenvalue weighted by molar-refractivity contribution is -0.384. The number of nitro benzene ring substituents is 1. The van der Waals surface area contributed by atoms with Crippen LogP contribution in [-0.2, 0) is 0 Å². The molecule has 0 aliphatic carbocycles. The second-order valence-corrected chi connectivity index (χ2v) is 4.37. The van der Waals surface area contributed by atoms with Crippen molar-refractivity contribution >= 4 is 22.5 Å². The third kappa shape index (κ3) is 2.25. The van der Waals surface area contributed by atoms with Crippen LogP contribution in [0.3, 0.4) is 0 Å². The summed E-state index contributed by atoms with van der Waals surface area (Å²) in [6.45, 7) is 0. The first-order valence-electron chi connectivity index (χ1n) is 5.99. The molecule has 0 atom stereocenters. The van der Waals surface area contributed by atoms with Gasteiger partial charge in [0.25, 0.3) is 11.6 Å². The zero-order chi connectivity index (χ0) is 15.0. The molecule has 21 heavy (non-hydrogen) atoms. The molecule has 1 aromatic heterocycles. The van der Waals surface area contributed by atoms with Gasteiger partial charge in [-0.2, -0.15) is 9.78 Å². The second kappa shape index (κ2) is 4.78. The predicted molar refractivity (Wildman–Crippen MR) is 72.5 cm³/mol. The highest BCUT2D eigenvalue weighted by molar-refractivity contribution is 6.01. The predicted octanol–water partition coefficient (Wildman–Crippen LogP) is 2.77. The highest BCUT2D eigenvalue weighted by Gasteiger charge is 2.15. The largest absolute Gasteiger partial charge is 0.278 e. The minimum absolute atomic E-state index is 0.0729. The molecule has 3 rings (SSSR count). The van der Waals surface area contributed by atoms with Gasteiger partial charge in [-0.3, -0.25) is 14.9 Å². The Morgan fingerprint density at radius 3 is 2.57 bits per heavy atom. The lowest BCUT2D eigenvalue weighted by Crippen LogP contribution is -2.13. The number of aromatic nitrogens is 2. The molecule has 0 spiro atoms. The fourth-order valence-corrected chi connectivity index (χ4v) is 2.01. The monoisotopic (exact) mass is 285 g/mol. The van der Waals surface area contributed by atoms with Gasteiger partial charge in [0.05, 0.1) is 16.6 Å². The van der Waals surface area contributed by atoms with Crippen LogP contribution in [0.5, 0.6) is 0 Å². The van der Waals surface area contributed by atoms with Crippen molar-refractivity contribution in [3.05, 3.63) is 70.2 Å². The van der Waals surface area contributed by atoms with E-state index < -0.39 is 16.6 Å². The van der Waals surface area contributed by atoms with Crippen LogP contribution in [-0.4, -0.2) is 20.6 Å². The molecule has 0 saturated heterocycles. The Balaban J connectivity index is 2.06. The highest BCUT2D eigenvalue weighted by atomic mass is 19.1. The summed E-state index contributed by atoms with van der Waals surface area (Å²) in [6.07, 6.45) is 1.38. The van der Waals surface area contributed by atoms with E-state index in [-0.39, 0.29) is 11.3 Å². The molecule has 0 amide bonds. The second-order valence-electron chi connectivity index (χ2n) is 4.37. The third-order valence-corrected chi connectivity index (χ3v) is 3.05. The average molecular weight is 285 g/mol. The third-order valence-electron chi connectivity index (χ3n) is 3.05. The molecule has 3 aromatic rings. The Hall–Kier alpha value is -3.09. The Morgan fingerprint density at radius 1 is 1.19 bits per heavy atom. The zero-order valence-electron chi connectivity index (χ0n) is 10.6. The van der Waals surface area contributed by atoms with Crippen molar-refractivity contribution in [2.75, 3.05) is 0 Å². The van der Waals surface area contributed by atoms with Crippen molar-refractivity contribution in [2.45, 2.75) is 0 Å². The summed E-state index contributed by atoms with van der Waals surface area (Å²) < 4.78 is 14.0. The first kappa shape index (κ1) is 12.9. The molecular weight excluding hydrogens is 277 g/mol. The Kier molecular flexibility index (Phi) is 2.94. The van der Waals surface area contributed by atoms with Crippen LogP contribution in [0.15, 0.2) is 48.7 Å². The van der Waals surface area contributed by atoms with E-state index in [1.165, 1.54) is 48.7 Å². The van der Waals surface area contributed by atoms with E-state index in [0.29, 0.717) is 10.9 Å². The maximum Gasteiger partial charge on any atom is 0.278 e. The number of nitrogens with zero attached hydrogens (tertiary/aromatic N) is 3. The van der Waals surface area contributed by atoms with Gasteiger partial charge in [0.2, 0.25) is 0 Å². The summed E-state index contributed by atoms with van der Waals surface area (Å²) in [5.74, 6) is -0.869. The lowest BCUT2D eigenvalue weighted by Gasteiger charge is -2.02. The van der Waals surface area contributed by atoms with Crippen molar-refractivity contribution in [1.29, 1.82) is 0 Å². The molecule has 2 aromatic carbocycles. The van der Waals surface area contributed by atoms with E-state index in [4.69, 9.17) is 0 Å². The number of fused-ring (bicyclic) bond motifs is 1. The number of nitro groups is 1. The van der Waals surface area contributed by atoms with Crippen molar-refractivity contribution in [2.24, 2.45) is 0 Å². The first-order chi connectivity index (χ1) is 10.1. The number of benzene rings is 2. The van der Waals surface area contributed by atoms with E-state index in [1.807, 2.05) is 0 Å². The summed E-state index contributed by atoms with van der Waals surface area (Å²) >= 11 is 0. The van der Waals surface area contributed by atoms with E-state index in [0.717, 1.165) is 4.68 Å². The van der Waals surface area contributed by atoms with Crippen molar-refractivity contribution in [3.8, 4) is 0 Å². The van der Waals surface area contributed by atoms with E-state index in [2.05, 4.69) is 5.10 Å². The molecule has 1 heterocycles. The van der Waals surface area contributed by atoms with Gasteiger partial charge >= 0.3 is 0 Å². The summed E-state index contributed by atoms with van der Waals surface area (Å²) in [4.78, 5) is 22.5. The Labute approximate surface area is 117 Å². The van der Waals surface area contributed by atoms with E-state index >= 15 is 0 Å². The van der Waals surface area contributed by atoms with Crippen LogP contribution >= 0.6 is 0 Å². The van der Waals surface area contributed by atoms with Crippen LogP contribution in [0.2, 0.25) is 0 Å². The molecule has 0 aliphatic heterocycles. The fraction of sp³-hybridized carbons (Fsp3) is 0. The molecule has 0 saturated carbocycles. The van der Waals surface area contributed by atoms with Gasteiger partial charge in [0.15, 0.2) is 0 Å². The average Bonchev–Trinajstić information content (AvgIpc) is 2.90. The van der Waals surface area contributed by atoms with Gasteiger partial charge < -0.3 is 0 Å². The molecule has 0 radical (unpaired) electrons. The minimum Gasteiger partial charge on any atom is -0.267 e. The molecule has 0 aliphatic rings. The molecule has 7 heteroatoms. The number of rotatable bonds is 2. The number of halogens is 1. The highest BCUT2D eigenvalue weighted by Crippen LogP contribution is 2.21. The van der Waals surface area contributed by atoms with Crippen molar-refractivity contribution in [3.63, 3.8) is 0 Å². The fourth-order valence-electron chi connectivity index (χ4n) is 2.01. The van der Waals surface area contributed by atoms with Crippen LogP contribution in [0.4, 0.5) is 10.1 Å². The normalized spacial score (nSPS) is 10.7. The minimum atomic E-state index is -0.515. The van der Waals surface area contributed by atoms with Gasteiger partial charge in [0.1, 0.15) is 5.82 Å². The summed E-state index contributed by atoms with van der Waals surface area (Å²) in [6, 6.07) is 9.19. The van der Waals surface area contributed by atoms with Gasteiger partial charge in [-0.15, -0.1) is 0 Å². The Bertz CT molecular complexity index is 856. The summed E-state index contributed by atoms with van der Waals surface area (Å²) in [7, 11) is 0. The smallest absolute Gasteiger partial charge is 0.267 e. The molecule has 0 N–H and O–H groups in total. The standard InChI is InChI=1S/C14H8FN3O3/c15-11-3-1-9(2-4-11)14(19)17-13-6-5-12(18(20)21)7-10(13)8-16-17/h1-8H. The molecule has 6 nitrogen and oxygen atoms in total. The van der Waals surface area contributed by atoms with Crippen LogP contribution < -0.4 is 0 Å². The topological polar surface area (TPSA) is 78.0 Å². The SMILES string of the molecule is O=C(c1ccc(F)cc1)n1ncc2cc([N+](=O)[O-])ccc21. The quantitative estimate of drug-likeness (QED) is 0.535. The Morgan fingerprint density at radius 2 is 1.90 bits per heavy atom. The number of non-ortho nitro benzene ring substituents is 1. The first-order valence-corrected chi connectivity index (χ1v) is 5.99. The molecular formula is C14H8FN3O3. The van der Waals surface area contributed by atoms with Gasteiger partial charge in [-0.25, -0.2) is 4.39 Å². The maximum atomic E-state index is 12.9. The number of hydrogen-bond acceptors (Lipinski definition) is 4. The molecule has 104 valence electrons.